The second-order valence-corrected chi connectivity index (χ2v) is 6.42. The van der Waals surface area contributed by atoms with Crippen molar-refractivity contribution in [2.75, 3.05) is 12.0 Å². The lowest BCUT2D eigenvalue weighted by Crippen LogP contribution is -2.35. The van der Waals surface area contributed by atoms with E-state index in [1.807, 2.05) is 60.7 Å². The number of amides is 2. The minimum atomic E-state index is -0.247. The Morgan fingerprint density at radius 3 is 2.28 bits per heavy atom. The van der Waals surface area contributed by atoms with Gasteiger partial charge in [0.05, 0.1) is 24.5 Å². The molecule has 1 heterocycles. The molecule has 0 atom stereocenters. The molecule has 0 spiro atoms. The maximum Gasteiger partial charge on any atom is 0.269 e. The number of pyridine rings is 1. The molecule has 7 heteroatoms. The molecule has 4 N–H and O–H groups in total. The van der Waals surface area contributed by atoms with Gasteiger partial charge in [0, 0.05) is 18.3 Å². The first-order valence-corrected chi connectivity index (χ1v) is 9.24. The largest absolute Gasteiger partial charge is 0.331 e. The average molecular weight is 389 g/mol. The molecular weight excluding hydrogens is 366 g/mol. The summed E-state index contributed by atoms with van der Waals surface area (Å²) in [6.45, 7) is 0.690. The predicted octanol–water partition coefficient (Wildman–Crippen LogP) is 2.33. The van der Waals surface area contributed by atoms with Crippen molar-refractivity contribution in [2.24, 2.45) is 5.73 Å². The highest BCUT2D eigenvalue weighted by Gasteiger charge is 2.14. The van der Waals surface area contributed by atoms with Gasteiger partial charge in [0.1, 0.15) is 0 Å². The Balaban J connectivity index is 1.61. The summed E-state index contributed by atoms with van der Waals surface area (Å²) >= 11 is 0. The number of anilines is 1. The number of para-hydroxylation sites is 1. The molecule has 148 valence electrons. The first-order valence-electron chi connectivity index (χ1n) is 9.24. The van der Waals surface area contributed by atoms with Crippen LogP contribution in [0.25, 0.3) is 0 Å². The number of hydrazine groups is 1. The van der Waals surface area contributed by atoms with E-state index in [2.05, 4.69) is 15.8 Å². The number of carbonyl (C=O) groups is 2. The van der Waals surface area contributed by atoms with Crippen molar-refractivity contribution < 1.29 is 9.59 Å². The van der Waals surface area contributed by atoms with Crippen LogP contribution in [0.4, 0.5) is 5.69 Å². The van der Waals surface area contributed by atoms with Gasteiger partial charge in [-0.15, -0.1) is 0 Å². The molecule has 1 aromatic heterocycles. The van der Waals surface area contributed by atoms with E-state index in [1.165, 1.54) is 0 Å². The van der Waals surface area contributed by atoms with Crippen LogP contribution in [0, 0.1) is 0 Å². The van der Waals surface area contributed by atoms with E-state index in [0.29, 0.717) is 18.7 Å². The van der Waals surface area contributed by atoms with E-state index >= 15 is 0 Å². The number of nitrogens with zero attached hydrogens (tertiary/aromatic N) is 2. The fourth-order valence-corrected chi connectivity index (χ4v) is 2.75. The van der Waals surface area contributed by atoms with E-state index in [-0.39, 0.29) is 18.4 Å². The van der Waals surface area contributed by atoms with Crippen molar-refractivity contribution in [1.29, 1.82) is 0 Å². The Bertz CT molecular complexity index is 930. The fraction of sp³-hybridized carbons (Fsp3) is 0.136. The van der Waals surface area contributed by atoms with Crippen molar-refractivity contribution in [1.82, 2.24) is 15.3 Å². The number of nitrogens with one attached hydrogen (secondary N) is 2. The third-order valence-electron chi connectivity index (χ3n) is 4.29. The monoisotopic (exact) mass is 389 g/mol. The smallest absolute Gasteiger partial charge is 0.269 e. The average Bonchev–Trinajstić information content (AvgIpc) is 2.78. The first-order chi connectivity index (χ1) is 14.2. The molecule has 2 aromatic carbocycles. The van der Waals surface area contributed by atoms with Crippen LogP contribution < -0.4 is 16.6 Å². The maximum absolute atomic E-state index is 12.3. The van der Waals surface area contributed by atoms with Gasteiger partial charge in [0.25, 0.3) is 5.91 Å². The van der Waals surface area contributed by atoms with Crippen LogP contribution in [0.15, 0.2) is 79.0 Å². The van der Waals surface area contributed by atoms with Gasteiger partial charge in [0.2, 0.25) is 5.91 Å². The highest BCUT2D eigenvalue weighted by atomic mass is 16.2. The van der Waals surface area contributed by atoms with Crippen molar-refractivity contribution in [3.05, 3.63) is 95.8 Å². The molecule has 0 aliphatic heterocycles. The number of hydrogen-bond donors (Lipinski definition) is 3. The van der Waals surface area contributed by atoms with E-state index in [4.69, 9.17) is 5.73 Å². The summed E-state index contributed by atoms with van der Waals surface area (Å²) in [7, 11) is 0. The molecule has 3 aromatic rings. The summed E-state index contributed by atoms with van der Waals surface area (Å²) in [6, 6.07) is 22.0. The Kier molecular flexibility index (Phi) is 6.91. The van der Waals surface area contributed by atoms with Gasteiger partial charge in [-0.2, -0.15) is 0 Å². The van der Waals surface area contributed by atoms with Gasteiger partial charge in [-0.05, 0) is 42.0 Å². The highest BCUT2D eigenvalue weighted by Crippen LogP contribution is 2.11. The van der Waals surface area contributed by atoms with Crippen LogP contribution in [-0.2, 0) is 17.9 Å². The number of nitrogens with two attached hydrogens (primary N) is 1. The molecule has 7 nitrogen and oxygen atoms in total. The number of hydrogen-bond acceptors (Lipinski definition) is 5. The molecule has 0 aliphatic rings. The van der Waals surface area contributed by atoms with E-state index in [1.54, 1.807) is 23.2 Å². The molecule has 0 saturated heterocycles. The molecule has 0 radical (unpaired) electrons. The van der Waals surface area contributed by atoms with Gasteiger partial charge in [0.15, 0.2) is 0 Å². The number of rotatable bonds is 8. The van der Waals surface area contributed by atoms with Gasteiger partial charge >= 0.3 is 0 Å². The van der Waals surface area contributed by atoms with E-state index < -0.39 is 0 Å². The first kappa shape index (κ1) is 20.0. The highest BCUT2D eigenvalue weighted by molar-refractivity contribution is 5.94. The zero-order valence-electron chi connectivity index (χ0n) is 15.9. The van der Waals surface area contributed by atoms with Crippen LogP contribution in [0.5, 0.6) is 0 Å². The summed E-state index contributed by atoms with van der Waals surface area (Å²) in [5.74, 6) is -0.409. The van der Waals surface area contributed by atoms with Crippen molar-refractivity contribution in [3.63, 3.8) is 0 Å². The summed E-state index contributed by atoms with van der Waals surface area (Å²) in [6.07, 6.45) is 1.69. The molecule has 3 rings (SSSR count). The molecule has 2 amide bonds. The molecule has 0 aliphatic carbocycles. The van der Waals surface area contributed by atoms with Gasteiger partial charge in [-0.25, -0.2) is 0 Å². The zero-order valence-corrected chi connectivity index (χ0v) is 15.9. The second kappa shape index (κ2) is 10.0. The molecule has 0 bridgehead atoms. The van der Waals surface area contributed by atoms with Gasteiger partial charge < -0.3 is 10.6 Å². The quantitative estimate of drug-likeness (QED) is 0.514. The number of carbonyl (C=O) groups excluding carboxylic acids is 2. The molecule has 29 heavy (non-hydrogen) atoms. The third-order valence-corrected chi connectivity index (χ3v) is 4.29. The van der Waals surface area contributed by atoms with E-state index in [0.717, 1.165) is 16.9 Å². The lowest BCUT2D eigenvalue weighted by atomic mass is 10.1. The minimum Gasteiger partial charge on any atom is -0.331 e. The Hall–Kier alpha value is -3.71. The number of benzene rings is 2. The Morgan fingerprint density at radius 1 is 0.897 bits per heavy atom. The summed E-state index contributed by atoms with van der Waals surface area (Å²) in [5, 5.41) is 0. The topological polar surface area (TPSA) is 100 Å². The van der Waals surface area contributed by atoms with Crippen molar-refractivity contribution in [3.8, 4) is 0 Å². The minimum absolute atomic E-state index is 0.0710. The van der Waals surface area contributed by atoms with Crippen LogP contribution in [0.2, 0.25) is 0 Å². The third kappa shape index (κ3) is 5.88. The van der Waals surface area contributed by atoms with Crippen LogP contribution in [0.1, 0.15) is 21.6 Å². The summed E-state index contributed by atoms with van der Waals surface area (Å²) in [5.41, 5.74) is 14.1. The van der Waals surface area contributed by atoms with Gasteiger partial charge in [-0.1, -0.05) is 36.4 Å². The predicted molar refractivity (Wildman–Crippen MR) is 112 cm³/mol. The Morgan fingerprint density at radius 2 is 1.62 bits per heavy atom. The summed E-state index contributed by atoms with van der Waals surface area (Å²) in [4.78, 5) is 30.4. The molecular formula is C22H23N5O2. The summed E-state index contributed by atoms with van der Waals surface area (Å²) < 4.78 is 0. The molecule has 0 fully saturated rings. The van der Waals surface area contributed by atoms with Crippen LogP contribution in [-0.4, -0.2) is 28.2 Å². The number of aromatic nitrogens is 1. The fourth-order valence-electron chi connectivity index (χ4n) is 2.75. The van der Waals surface area contributed by atoms with Crippen molar-refractivity contribution >= 4 is 17.5 Å². The van der Waals surface area contributed by atoms with E-state index in [9.17, 15) is 9.59 Å². The lowest BCUT2D eigenvalue weighted by Gasteiger charge is -2.22. The molecule has 0 unspecified atom stereocenters. The van der Waals surface area contributed by atoms with Crippen LogP contribution in [0.3, 0.4) is 0 Å². The second-order valence-electron chi connectivity index (χ2n) is 6.42. The maximum atomic E-state index is 12.3. The normalized spacial score (nSPS) is 10.2. The standard InChI is InChI=1S/C22H23N5O2/c23-14-21(28)27(16-20-8-4-5-13-24-20)15-17-9-11-18(12-10-17)22(29)26-25-19-6-2-1-3-7-19/h1-13,25H,14-16,23H2,(H,26,29). The lowest BCUT2D eigenvalue weighted by molar-refractivity contribution is -0.131. The SMILES string of the molecule is NCC(=O)N(Cc1ccc(C(=O)NNc2ccccc2)cc1)Cc1ccccn1. The van der Waals surface area contributed by atoms with Crippen LogP contribution >= 0.6 is 0 Å². The van der Waals surface area contributed by atoms with Crippen molar-refractivity contribution in [2.45, 2.75) is 13.1 Å². The zero-order chi connectivity index (χ0) is 20.5. The van der Waals surface area contributed by atoms with Gasteiger partial charge in [-0.3, -0.25) is 25.4 Å². The molecule has 0 saturated carbocycles. The Labute approximate surface area is 169 Å².